The SMILES string of the molecule is Cc1sc2nc([C@H](C)Cl)[nH]c(=O)c2c1C. The molecule has 2 aromatic rings. The molecule has 80 valence electrons. The number of rotatable bonds is 1. The molecule has 2 aromatic heterocycles. The van der Waals surface area contributed by atoms with Gasteiger partial charge in [0, 0.05) is 4.88 Å². The Labute approximate surface area is 96.1 Å². The van der Waals surface area contributed by atoms with E-state index in [0.717, 1.165) is 15.3 Å². The zero-order chi connectivity index (χ0) is 11.2. The van der Waals surface area contributed by atoms with Crippen LogP contribution < -0.4 is 5.56 Å². The predicted molar refractivity (Wildman–Crippen MR) is 64.0 cm³/mol. The molecule has 1 N–H and O–H groups in total. The maximum absolute atomic E-state index is 11.8. The molecule has 0 aliphatic rings. The second-order valence-electron chi connectivity index (χ2n) is 3.53. The molecule has 0 spiro atoms. The summed E-state index contributed by atoms with van der Waals surface area (Å²) in [5.41, 5.74) is 0.918. The number of fused-ring (bicyclic) bond motifs is 1. The van der Waals surface area contributed by atoms with Crippen molar-refractivity contribution in [2.45, 2.75) is 26.1 Å². The van der Waals surface area contributed by atoms with Gasteiger partial charge >= 0.3 is 0 Å². The highest BCUT2D eigenvalue weighted by Gasteiger charge is 2.13. The van der Waals surface area contributed by atoms with Gasteiger partial charge in [0.1, 0.15) is 10.7 Å². The summed E-state index contributed by atoms with van der Waals surface area (Å²) in [5.74, 6) is 0.537. The monoisotopic (exact) mass is 242 g/mol. The Kier molecular flexibility index (Phi) is 2.56. The van der Waals surface area contributed by atoms with Crippen LogP contribution in [0.15, 0.2) is 4.79 Å². The third-order valence-electron chi connectivity index (χ3n) is 2.43. The second-order valence-corrected chi connectivity index (χ2v) is 5.39. The molecule has 2 heterocycles. The second kappa shape index (κ2) is 3.61. The van der Waals surface area contributed by atoms with Crippen molar-refractivity contribution in [3.63, 3.8) is 0 Å². The van der Waals surface area contributed by atoms with E-state index in [1.807, 2.05) is 13.8 Å². The van der Waals surface area contributed by atoms with Crippen LogP contribution in [-0.2, 0) is 0 Å². The first kappa shape index (κ1) is 10.6. The van der Waals surface area contributed by atoms with Crippen molar-refractivity contribution in [2.75, 3.05) is 0 Å². The Balaban J connectivity index is 2.85. The fourth-order valence-electron chi connectivity index (χ4n) is 1.46. The quantitative estimate of drug-likeness (QED) is 0.782. The number of aromatic amines is 1. The standard InChI is InChI=1S/C10H11ClN2OS/c1-4-6(3)15-10-7(4)9(14)12-8(13-10)5(2)11/h5H,1-3H3,(H,12,13,14)/t5-/m0/s1. The molecule has 2 rings (SSSR count). The van der Waals surface area contributed by atoms with Gasteiger partial charge in [0.05, 0.1) is 10.8 Å². The molecule has 0 unspecified atom stereocenters. The molecule has 0 fully saturated rings. The number of hydrogen-bond donors (Lipinski definition) is 1. The molecule has 0 aliphatic carbocycles. The Hall–Kier alpha value is -0.870. The zero-order valence-corrected chi connectivity index (χ0v) is 10.3. The Morgan fingerprint density at radius 3 is 2.73 bits per heavy atom. The molecule has 3 nitrogen and oxygen atoms in total. The minimum Gasteiger partial charge on any atom is -0.309 e. The van der Waals surface area contributed by atoms with Crippen LogP contribution in [0.2, 0.25) is 0 Å². The molecule has 0 saturated carbocycles. The van der Waals surface area contributed by atoms with Gasteiger partial charge in [-0.1, -0.05) is 0 Å². The van der Waals surface area contributed by atoms with Gasteiger partial charge in [-0.25, -0.2) is 4.98 Å². The average molecular weight is 243 g/mol. The molecule has 0 radical (unpaired) electrons. The maximum Gasteiger partial charge on any atom is 0.259 e. The summed E-state index contributed by atoms with van der Waals surface area (Å²) in [6, 6.07) is 0. The van der Waals surface area contributed by atoms with E-state index in [2.05, 4.69) is 9.97 Å². The van der Waals surface area contributed by atoms with Crippen LogP contribution >= 0.6 is 22.9 Å². The van der Waals surface area contributed by atoms with Gasteiger partial charge in [-0.2, -0.15) is 0 Å². The van der Waals surface area contributed by atoms with Gasteiger partial charge in [0.25, 0.3) is 5.56 Å². The van der Waals surface area contributed by atoms with Crippen LogP contribution in [0.1, 0.15) is 28.6 Å². The van der Waals surface area contributed by atoms with Crippen molar-refractivity contribution in [2.24, 2.45) is 0 Å². The Morgan fingerprint density at radius 2 is 2.13 bits per heavy atom. The zero-order valence-electron chi connectivity index (χ0n) is 8.72. The fourth-order valence-corrected chi connectivity index (χ4v) is 2.60. The van der Waals surface area contributed by atoms with Gasteiger partial charge in [-0.15, -0.1) is 22.9 Å². The van der Waals surface area contributed by atoms with Gasteiger partial charge < -0.3 is 4.98 Å². The molecule has 0 aromatic carbocycles. The van der Waals surface area contributed by atoms with E-state index in [4.69, 9.17) is 11.6 Å². The van der Waals surface area contributed by atoms with E-state index in [1.165, 1.54) is 11.3 Å². The number of hydrogen-bond acceptors (Lipinski definition) is 3. The van der Waals surface area contributed by atoms with Crippen LogP contribution in [0, 0.1) is 13.8 Å². The lowest BCUT2D eigenvalue weighted by Gasteiger charge is -2.01. The van der Waals surface area contributed by atoms with Crippen molar-refractivity contribution in [1.29, 1.82) is 0 Å². The molecular formula is C10H11ClN2OS. The summed E-state index contributed by atoms with van der Waals surface area (Å²) in [5, 5.41) is 0.420. The van der Waals surface area contributed by atoms with E-state index in [9.17, 15) is 4.79 Å². The molecule has 0 amide bonds. The summed E-state index contributed by atoms with van der Waals surface area (Å²) in [6.45, 7) is 5.72. The minimum absolute atomic E-state index is 0.0932. The number of nitrogens with zero attached hydrogens (tertiary/aromatic N) is 1. The Morgan fingerprint density at radius 1 is 1.47 bits per heavy atom. The first-order valence-electron chi connectivity index (χ1n) is 4.64. The van der Waals surface area contributed by atoms with E-state index >= 15 is 0 Å². The van der Waals surface area contributed by atoms with Gasteiger partial charge in [0.2, 0.25) is 0 Å². The third kappa shape index (κ3) is 1.68. The largest absolute Gasteiger partial charge is 0.309 e. The van der Waals surface area contributed by atoms with E-state index in [0.29, 0.717) is 11.2 Å². The van der Waals surface area contributed by atoms with Crippen LogP contribution in [0.4, 0.5) is 0 Å². The van der Waals surface area contributed by atoms with Crippen molar-refractivity contribution < 1.29 is 0 Å². The lowest BCUT2D eigenvalue weighted by molar-refractivity contribution is 0.916. The van der Waals surface area contributed by atoms with Crippen molar-refractivity contribution in [3.8, 4) is 0 Å². The van der Waals surface area contributed by atoms with Crippen molar-refractivity contribution in [1.82, 2.24) is 9.97 Å². The van der Waals surface area contributed by atoms with Gasteiger partial charge in [0.15, 0.2) is 0 Å². The normalized spacial score (nSPS) is 13.3. The minimum atomic E-state index is -0.273. The predicted octanol–water partition coefficient (Wildman–Crippen LogP) is 2.90. The summed E-state index contributed by atoms with van der Waals surface area (Å²) >= 11 is 7.43. The lowest BCUT2D eigenvalue weighted by atomic mass is 10.2. The van der Waals surface area contributed by atoms with Gasteiger partial charge in [-0.05, 0) is 26.3 Å². The van der Waals surface area contributed by atoms with E-state index < -0.39 is 0 Å². The lowest BCUT2D eigenvalue weighted by Crippen LogP contribution is -2.11. The topological polar surface area (TPSA) is 45.8 Å². The number of alkyl halides is 1. The summed E-state index contributed by atoms with van der Waals surface area (Å²) in [4.78, 5) is 20.8. The molecule has 15 heavy (non-hydrogen) atoms. The first-order valence-corrected chi connectivity index (χ1v) is 5.90. The van der Waals surface area contributed by atoms with E-state index in [1.54, 1.807) is 6.92 Å². The highest BCUT2D eigenvalue weighted by atomic mass is 35.5. The molecule has 5 heteroatoms. The Bertz CT molecular complexity index is 571. The number of halogens is 1. The van der Waals surface area contributed by atoms with Crippen molar-refractivity contribution in [3.05, 3.63) is 26.6 Å². The van der Waals surface area contributed by atoms with Crippen LogP contribution in [0.3, 0.4) is 0 Å². The molecular weight excluding hydrogens is 232 g/mol. The third-order valence-corrected chi connectivity index (χ3v) is 3.74. The maximum atomic E-state index is 11.8. The van der Waals surface area contributed by atoms with Crippen LogP contribution in [0.5, 0.6) is 0 Å². The number of aryl methyl sites for hydroxylation is 2. The number of H-pyrrole nitrogens is 1. The summed E-state index contributed by atoms with van der Waals surface area (Å²) in [6.07, 6.45) is 0. The van der Waals surface area contributed by atoms with Crippen LogP contribution in [0.25, 0.3) is 10.2 Å². The summed E-state index contributed by atoms with van der Waals surface area (Å²) in [7, 11) is 0. The summed E-state index contributed by atoms with van der Waals surface area (Å²) < 4.78 is 0. The first-order chi connectivity index (χ1) is 7.00. The van der Waals surface area contributed by atoms with Gasteiger partial charge in [-0.3, -0.25) is 4.79 Å². The smallest absolute Gasteiger partial charge is 0.259 e. The highest BCUT2D eigenvalue weighted by molar-refractivity contribution is 7.18. The molecule has 0 aliphatic heterocycles. The number of thiophene rings is 1. The number of aromatic nitrogens is 2. The fraction of sp³-hybridized carbons (Fsp3) is 0.400. The number of nitrogens with one attached hydrogen (secondary N) is 1. The van der Waals surface area contributed by atoms with Crippen LogP contribution in [-0.4, -0.2) is 9.97 Å². The average Bonchev–Trinajstić information content (AvgIpc) is 2.42. The molecule has 0 bridgehead atoms. The van der Waals surface area contributed by atoms with Crippen molar-refractivity contribution >= 4 is 33.2 Å². The highest BCUT2D eigenvalue weighted by Crippen LogP contribution is 2.27. The molecule has 0 saturated heterocycles. The molecule has 1 atom stereocenters. The van der Waals surface area contributed by atoms with E-state index in [-0.39, 0.29) is 10.9 Å².